The van der Waals surface area contributed by atoms with Crippen LogP contribution in [0, 0.1) is 0 Å². The number of benzene rings is 2. The number of rotatable bonds is 9. The zero-order valence-corrected chi connectivity index (χ0v) is 21.7. The quantitative estimate of drug-likeness (QED) is 0.380. The second-order valence-corrected chi connectivity index (χ2v) is 9.67. The number of nitrogens with zero attached hydrogens (tertiary/aromatic N) is 5. The molecule has 184 valence electrons. The molecule has 0 spiro atoms. The van der Waals surface area contributed by atoms with Gasteiger partial charge in [0.05, 0.1) is 15.6 Å². The minimum atomic E-state index is 0.378. The van der Waals surface area contributed by atoms with Crippen LogP contribution in [-0.2, 0) is 6.54 Å². The van der Waals surface area contributed by atoms with Crippen LogP contribution in [0.2, 0.25) is 10.0 Å². The molecule has 10 heteroatoms. The number of halogens is 2. The summed E-state index contributed by atoms with van der Waals surface area (Å²) < 4.78 is 0. The molecule has 0 aliphatic carbocycles. The van der Waals surface area contributed by atoms with Crippen LogP contribution in [-0.4, -0.2) is 54.9 Å². The van der Waals surface area contributed by atoms with E-state index in [1.165, 1.54) is 5.56 Å². The first kappa shape index (κ1) is 25.2. The molecule has 0 amide bonds. The molecule has 0 bridgehead atoms. The largest absolute Gasteiger partial charge is 0.383 e. The number of pyridine rings is 1. The number of aromatic nitrogens is 1. The summed E-state index contributed by atoms with van der Waals surface area (Å²) in [7, 11) is 6.37. The SMILES string of the molecule is CN(C)CCCN(C)Cc1ccc(-c2cnc(N)c(C3=NN[NH2+]N3c3cccc(Cl)c3Cl)c2)cc1. The van der Waals surface area contributed by atoms with Gasteiger partial charge in [0.25, 0.3) is 0 Å². The fraction of sp³-hybridized carbons (Fsp3) is 0.280. The van der Waals surface area contributed by atoms with E-state index in [1.54, 1.807) is 17.8 Å². The Morgan fingerprint density at radius 3 is 2.54 bits per heavy atom. The summed E-state index contributed by atoms with van der Waals surface area (Å²) in [6.45, 7) is 3.06. The predicted octanol–water partition coefficient (Wildman–Crippen LogP) is 3.19. The lowest BCUT2D eigenvalue weighted by Crippen LogP contribution is -2.98. The van der Waals surface area contributed by atoms with E-state index in [-0.39, 0.29) is 0 Å². The molecule has 2 aromatic carbocycles. The average molecular weight is 514 g/mol. The Morgan fingerprint density at radius 1 is 1.03 bits per heavy atom. The summed E-state index contributed by atoms with van der Waals surface area (Å²) in [6, 6.07) is 16.0. The number of quaternary nitrogens is 1. The van der Waals surface area contributed by atoms with Crippen molar-refractivity contribution in [3.8, 4) is 11.1 Å². The van der Waals surface area contributed by atoms with Gasteiger partial charge in [0, 0.05) is 18.3 Å². The van der Waals surface area contributed by atoms with Gasteiger partial charge in [-0.1, -0.05) is 53.5 Å². The summed E-state index contributed by atoms with van der Waals surface area (Å²) in [5.41, 5.74) is 15.5. The van der Waals surface area contributed by atoms with Gasteiger partial charge in [0.1, 0.15) is 11.5 Å². The van der Waals surface area contributed by atoms with Gasteiger partial charge < -0.3 is 15.5 Å². The standard InChI is InChI=1S/C25H30Cl2N8/c1-33(2)12-5-13-34(3)16-17-8-10-18(11-9-17)19-14-20(24(28)29-15-19)25-30-31-32-35(25)22-7-4-6-21(26)23(22)27/h4,6-11,14-15,31-32H,5,12-13,16H2,1-3H3,(H2,28,29)/p+1. The van der Waals surface area contributed by atoms with Crippen molar-refractivity contribution in [2.45, 2.75) is 13.0 Å². The summed E-state index contributed by atoms with van der Waals surface area (Å²) >= 11 is 12.7. The number of amidine groups is 1. The van der Waals surface area contributed by atoms with Gasteiger partial charge in [0.15, 0.2) is 0 Å². The van der Waals surface area contributed by atoms with E-state index in [2.05, 4.69) is 70.8 Å². The van der Waals surface area contributed by atoms with Gasteiger partial charge >= 0.3 is 0 Å². The summed E-state index contributed by atoms with van der Waals surface area (Å²) in [5.74, 6) is 0.973. The highest BCUT2D eigenvalue weighted by atomic mass is 35.5. The molecule has 5 N–H and O–H groups in total. The first-order chi connectivity index (χ1) is 16.8. The van der Waals surface area contributed by atoms with Crippen LogP contribution in [0.15, 0.2) is 59.8 Å². The summed E-state index contributed by atoms with van der Waals surface area (Å²) in [4.78, 5) is 9.00. The highest BCUT2D eigenvalue weighted by Gasteiger charge is 2.29. The Balaban J connectivity index is 1.52. The minimum Gasteiger partial charge on any atom is -0.383 e. The van der Waals surface area contributed by atoms with E-state index in [0.29, 0.717) is 32.9 Å². The van der Waals surface area contributed by atoms with E-state index >= 15 is 0 Å². The number of hydrogen-bond acceptors (Lipinski definition) is 7. The van der Waals surface area contributed by atoms with Crippen LogP contribution >= 0.6 is 23.2 Å². The molecule has 4 rings (SSSR count). The van der Waals surface area contributed by atoms with Gasteiger partial charge in [-0.25, -0.2) is 4.98 Å². The molecule has 1 aliphatic heterocycles. The maximum absolute atomic E-state index is 6.46. The third-order valence-electron chi connectivity index (χ3n) is 5.82. The van der Waals surface area contributed by atoms with Crippen molar-refractivity contribution in [1.29, 1.82) is 0 Å². The van der Waals surface area contributed by atoms with E-state index < -0.39 is 0 Å². The number of hydrazone groups is 1. The predicted molar refractivity (Wildman–Crippen MR) is 144 cm³/mol. The molecule has 0 atom stereocenters. The molecule has 0 saturated carbocycles. The molecular formula is C25H31Cl2N8+. The molecule has 0 radical (unpaired) electrons. The van der Waals surface area contributed by atoms with Crippen molar-refractivity contribution >= 4 is 40.5 Å². The van der Waals surface area contributed by atoms with Crippen molar-refractivity contribution in [1.82, 2.24) is 20.3 Å². The van der Waals surface area contributed by atoms with Crippen LogP contribution < -0.4 is 21.8 Å². The maximum atomic E-state index is 6.46. The molecule has 0 saturated heterocycles. The molecule has 35 heavy (non-hydrogen) atoms. The Labute approximate surface area is 216 Å². The van der Waals surface area contributed by atoms with Crippen molar-refractivity contribution < 1.29 is 5.53 Å². The van der Waals surface area contributed by atoms with E-state index in [9.17, 15) is 0 Å². The van der Waals surface area contributed by atoms with Crippen molar-refractivity contribution in [3.05, 3.63) is 75.9 Å². The van der Waals surface area contributed by atoms with Gasteiger partial charge in [0.2, 0.25) is 5.84 Å². The van der Waals surface area contributed by atoms with Gasteiger partial charge in [-0.2, -0.15) is 0 Å². The number of nitrogen functional groups attached to an aromatic ring is 1. The number of nitrogens with one attached hydrogen (secondary N) is 1. The highest BCUT2D eigenvalue weighted by Crippen LogP contribution is 2.33. The molecular weight excluding hydrogens is 483 g/mol. The lowest BCUT2D eigenvalue weighted by atomic mass is 10.0. The van der Waals surface area contributed by atoms with Crippen LogP contribution in [0.4, 0.5) is 11.5 Å². The van der Waals surface area contributed by atoms with Crippen LogP contribution in [0.25, 0.3) is 11.1 Å². The molecule has 1 aromatic heterocycles. The van der Waals surface area contributed by atoms with Crippen LogP contribution in [0.1, 0.15) is 17.5 Å². The second-order valence-electron chi connectivity index (χ2n) is 8.88. The molecule has 3 aromatic rings. The fourth-order valence-electron chi connectivity index (χ4n) is 3.98. The molecule has 0 unspecified atom stereocenters. The summed E-state index contributed by atoms with van der Waals surface area (Å²) in [5, 5.41) is 7.14. The Kier molecular flexibility index (Phi) is 8.10. The zero-order chi connectivity index (χ0) is 24.9. The fourth-order valence-corrected chi connectivity index (χ4v) is 4.36. The van der Waals surface area contributed by atoms with Gasteiger partial charge in [-0.3, -0.25) is 0 Å². The minimum absolute atomic E-state index is 0.378. The number of anilines is 2. The van der Waals surface area contributed by atoms with Crippen molar-refractivity contribution in [3.63, 3.8) is 0 Å². The number of nitrogens with two attached hydrogens (primary N) is 2. The molecule has 8 nitrogen and oxygen atoms in total. The number of hydrogen-bond donors (Lipinski definition) is 3. The topological polar surface area (TPSA) is 89.6 Å². The molecule has 0 fully saturated rings. The highest BCUT2D eigenvalue weighted by molar-refractivity contribution is 6.44. The van der Waals surface area contributed by atoms with E-state index in [0.717, 1.165) is 37.2 Å². The monoisotopic (exact) mass is 513 g/mol. The smallest absolute Gasteiger partial charge is 0.220 e. The lowest BCUT2D eigenvalue weighted by Gasteiger charge is -2.18. The normalized spacial score (nSPS) is 13.5. The Morgan fingerprint density at radius 2 is 1.80 bits per heavy atom. The van der Waals surface area contributed by atoms with Crippen molar-refractivity contribution in [2.24, 2.45) is 5.10 Å². The third-order valence-corrected chi connectivity index (χ3v) is 6.63. The Hall–Kier alpha value is -2.88. The summed E-state index contributed by atoms with van der Waals surface area (Å²) in [6.07, 6.45) is 2.93. The van der Waals surface area contributed by atoms with Gasteiger partial charge in [-0.15, -0.1) is 21.2 Å². The van der Waals surface area contributed by atoms with Crippen LogP contribution in [0.3, 0.4) is 0 Å². The lowest BCUT2D eigenvalue weighted by molar-refractivity contribution is -0.703. The first-order valence-electron chi connectivity index (χ1n) is 11.4. The first-order valence-corrected chi connectivity index (χ1v) is 12.2. The maximum Gasteiger partial charge on any atom is 0.220 e. The van der Waals surface area contributed by atoms with Crippen molar-refractivity contribution in [2.75, 3.05) is 45.0 Å². The second kappa shape index (κ2) is 11.2. The zero-order valence-electron chi connectivity index (χ0n) is 20.2. The Bertz CT molecular complexity index is 1200. The molecule has 2 heterocycles. The van der Waals surface area contributed by atoms with Gasteiger partial charge in [-0.05, 0) is 70.0 Å². The van der Waals surface area contributed by atoms with Crippen LogP contribution in [0.5, 0.6) is 0 Å². The average Bonchev–Trinajstić information content (AvgIpc) is 3.31. The third kappa shape index (κ3) is 6.04. The van der Waals surface area contributed by atoms with E-state index in [1.807, 2.05) is 23.2 Å². The molecule has 1 aliphatic rings. The van der Waals surface area contributed by atoms with E-state index in [4.69, 9.17) is 28.9 Å².